The topological polar surface area (TPSA) is 120 Å². The molecule has 0 spiro atoms. The highest BCUT2D eigenvalue weighted by Crippen LogP contribution is 2.31. The fourth-order valence-corrected chi connectivity index (χ4v) is 3.91. The molecule has 1 aromatic rings. The molecule has 1 aliphatic rings. The average Bonchev–Trinajstić information content (AvgIpc) is 3.10. The number of amides is 1. The molecule has 23 heavy (non-hydrogen) atoms. The molecule has 0 saturated heterocycles. The van der Waals surface area contributed by atoms with Crippen LogP contribution < -0.4 is 16.2 Å². The van der Waals surface area contributed by atoms with Gasteiger partial charge in [0.15, 0.2) is 0 Å². The molecule has 0 aromatic carbocycles. The summed E-state index contributed by atoms with van der Waals surface area (Å²) in [6.45, 7) is 5.48. The van der Waals surface area contributed by atoms with Crippen molar-refractivity contribution in [2.75, 3.05) is 5.75 Å². The van der Waals surface area contributed by atoms with Crippen LogP contribution in [0, 0.1) is 5.92 Å². The van der Waals surface area contributed by atoms with Crippen molar-refractivity contribution >= 4 is 40.0 Å². The fourth-order valence-electron chi connectivity index (χ4n) is 2.04. The number of thioether (sulfide) groups is 1. The summed E-state index contributed by atoms with van der Waals surface area (Å²) in [7, 11) is 0. The summed E-state index contributed by atoms with van der Waals surface area (Å²) in [4.78, 5) is 32.4. The van der Waals surface area contributed by atoms with Crippen LogP contribution in [0.2, 0.25) is 0 Å². The standard InChI is InChI=1S/C14H20N4O3S2/c1-7(2)10(12(19)20)17-13(21)14(3)6-23-11(18-14)8-5-22-9(4-15)16-8/h5,7,10H,4,6,15H2,1-3H3,(H,17,21)(H,19,20)/p-1/t10-,14?/m0/s1. The highest BCUT2D eigenvalue weighted by molar-refractivity contribution is 8.14. The lowest BCUT2D eigenvalue weighted by Crippen LogP contribution is -2.55. The van der Waals surface area contributed by atoms with E-state index in [4.69, 9.17) is 5.73 Å². The lowest BCUT2D eigenvalue weighted by Gasteiger charge is -2.27. The second-order valence-corrected chi connectivity index (χ2v) is 7.73. The number of rotatable bonds is 6. The number of aliphatic imine (C=N–C) groups is 1. The van der Waals surface area contributed by atoms with Gasteiger partial charge in [-0.05, 0) is 12.8 Å². The zero-order valence-electron chi connectivity index (χ0n) is 13.2. The molecule has 0 aliphatic carbocycles. The van der Waals surface area contributed by atoms with Crippen LogP contribution in [0.4, 0.5) is 0 Å². The number of carboxylic acid groups (broad SMARTS) is 1. The van der Waals surface area contributed by atoms with Crippen LogP contribution in [0.15, 0.2) is 10.4 Å². The summed E-state index contributed by atoms with van der Waals surface area (Å²) in [5.74, 6) is -1.55. The first-order chi connectivity index (χ1) is 10.8. The molecule has 1 aromatic heterocycles. The van der Waals surface area contributed by atoms with Gasteiger partial charge in [-0.2, -0.15) is 0 Å². The number of hydrogen-bond donors (Lipinski definition) is 2. The minimum Gasteiger partial charge on any atom is -0.548 e. The maximum atomic E-state index is 12.5. The van der Waals surface area contributed by atoms with Gasteiger partial charge in [-0.1, -0.05) is 13.8 Å². The van der Waals surface area contributed by atoms with E-state index in [9.17, 15) is 14.7 Å². The number of thiazole rings is 1. The molecule has 1 aliphatic heterocycles. The normalized spacial score (nSPS) is 22.0. The molecule has 1 unspecified atom stereocenters. The lowest BCUT2D eigenvalue weighted by atomic mass is 10.0. The molecule has 7 nitrogen and oxygen atoms in total. The van der Waals surface area contributed by atoms with Crippen molar-refractivity contribution in [1.82, 2.24) is 10.3 Å². The Labute approximate surface area is 142 Å². The third-order valence-electron chi connectivity index (χ3n) is 3.48. The summed E-state index contributed by atoms with van der Waals surface area (Å²) in [6, 6.07) is -1.04. The number of nitrogens with zero attached hydrogens (tertiary/aromatic N) is 2. The highest BCUT2D eigenvalue weighted by atomic mass is 32.2. The first-order valence-electron chi connectivity index (χ1n) is 7.16. The number of hydrogen-bond acceptors (Lipinski definition) is 8. The minimum atomic E-state index is -1.29. The minimum absolute atomic E-state index is 0.268. The van der Waals surface area contributed by atoms with Gasteiger partial charge in [-0.3, -0.25) is 9.79 Å². The van der Waals surface area contributed by atoms with Crippen LogP contribution in [0.25, 0.3) is 0 Å². The Hall–Kier alpha value is -1.45. The number of nitrogens with two attached hydrogens (primary N) is 1. The second-order valence-electron chi connectivity index (χ2n) is 5.82. The summed E-state index contributed by atoms with van der Waals surface area (Å²) in [6.07, 6.45) is 0. The molecule has 0 saturated carbocycles. The quantitative estimate of drug-likeness (QED) is 0.725. The van der Waals surface area contributed by atoms with Crippen LogP contribution in [-0.4, -0.2) is 39.2 Å². The van der Waals surface area contributed by atoms with Crippen LogP contribution in [-0.2, 0) is 16.1 Å². The van der Waals surface area contributed by atoms with E-state index in [-0.39, 0.29) is 5.92 Å². The van der Waals surface area contributed by atoms with E-state index >= 15 is 0 Å². The van der Waals surface area contributed by atoms with Crippen molar-refractivity contribution in [3.05, 3.63) is 16.1 Å². The highest BCUT2D eigenvalue weighted by Gasteiger charge is 2.40. The van der Waals surface area contributed by atoms with Crippen molar-refractivity contribution in [3.63, 3.8) is 0 Å². The number of carbonyl (C=O) groups is 2. The smallest absolute Gasteiger partial charge is 0.249 e. The average molecular weight is 355 g/mol. The number of nitrogens with one attached hydrogen (secondary N) is 1. The van der Waals surface area contributed by atoms with Gasteiger partial charge >= 0.3 is 0 Å². The van der Waals surface area contributed by atoms with E-state index < -0.39 is 23.5 Å². The third kappa shape index (κ3) is 3.91. The summed E-state index contributed by atoms with van der Waals surface area (Å²) < 4.78 is 0. The van der Waals surface area contributed by atoms with Crippen molar-refractivity contribution in [1.29, 1.82) is 0 Å². The Morgan fingerprint density at radius 3 is 2.74 bits per heavy atom. The van der Waals surface area contributed by atoms with Gasteiger partial charge < -0.3 is 21.0 Å². The van der Waals surface area contributed by atoms with E-state index in [1.807, 2.05) is 5.38 Å². The Balaban J connectivity index is 2.15. The molecule has 0 radical (unpaired) electrons. The van der Waals surface area contributed by atoms with Crippen molar-refractivity contribution in [2.45, 2.75) is 38.9 Å². The maximum absolute atomic E-state index is 12.5. The predicted molar refractivity (Wildman–Crippen MR) is 89.2 cm³/mol. The van der Waals surface area contributed by atoms with Gasteiger partial charge in [-0.25, -0.2) is 4.98 Å². The largest absolute Gasteiger partial charge is 0.548 e. The van der Waals surface area contributed by atoms with E-state index in [1.54, 1.807) is 20.8 Å². The molecule has 126 valence electrons. The lowest BCUT2D eigenvalue weighted by molar-refractivity contribution is -0.309. The van der Waals surface area contributed by atoms with Gasteiger partial charge in [0.25, 0.3) is 0 Å². The number of aliphatic carboxylic acids is 1. The van der Waals surface area contributed by atoms with E-state index in [0.29, 0.717) is 23.0 Å². The molecule has 1 amide bonds. The van der Waals surface area contributed by atoms with Crippen LogP contribution in [0.3, 0.4) is 0 Å². The zero-order valence-corrected chi connectivity index (χ0v) is 14.8. The number of carboxylic acids is 1. The van der Waals surface area contributed by atoms with Crippen molar-refractivity contribution in [3.8, 4) is 0 Å². The summed E-state index contributed by atoms with van der Waals surface area (Å²) >= 11 is 2.87. The van der Waals surface area contributed by atoms with Crippen molar-refractivity contribution in [2.24, 2.45) is 16.6 Å². The molecule has 9 heteroatoms. The van der Waals surface area contributed by atoms with Gasteiger partial charge in [0.05, 0.1) is 12.0 Å². The number of carbonyl (C=O) groups excluding carboxylic acids is 2. The Bertz CT molecular complexity index is 644. The van der Waals surface area contributed by atoms with Crippen molar-refractivity contribution < 1.29 is 14.7 Å². The van der Waals surface area contributed by atoms with Gasteiger partial charge in [0.2, 0.25) is 5.91 Å². The molecule has 0 fully saturated rings. The number of aromatic nitrogens is 1. The summed E-state index contributed by atoms with van der Waals surface area (Å²) in [5, 5.41) is 17.0. The molecule has 0 bridgehead atoms. The third-order valence-corrected chi connectivity index (χ3v) is 5.63. The zero-order chi connectivity index (χ0) is 17.2. The monoisotopic (exact) mass is 355 g/mol. The maximum Gasteiger partial charge on any atom is 0.249 e. The first-order valence-corrected chi connectivity index (χ1v) is 9.02. The van der Waals surface area contributed by atoms with Gasteiger partial charge in [-0.15, -0.1) is 23.1 Å². The molecule has 2 heterocycles. The fraction of sp³-hybridized carbons (Fsp3) is 0.571. The first kappa shape index (κ1) is 17.9. The Morgan fingerprint density at radius 2 is 2.22 bits per heavy atom. The predicted octanol–water partition coefficient (Wildman–Crippen LogP) is -0.255. The Morgan fingerprint density at radius 1 is 1.52 bits per heavy atom. The second kappa shape index (κ2) is 6.98. The molecule has 2 atom stereocenters. The molecular weight excluding hydrogens is 336 g/mol. The van der Waals surface area contributed by atoms with E-state index in [0.717, 1.165) is 5.01 Å². The molecule has 2 rings (SSSR count). The van der Waals surface area contributed by atoms with Gasteiger partial charge in [0.1, 0.15) is 21.3 Å². The summed E-state index contributed by atoms with van der Waals surface area (Å²) in [5.41, 5.74) is 5.24. The van der Waals surface area contributed by atoms with Crippen LogP contribution >= 0.6 is 23.1 Å². The van der Waals surface area contributed by atoms with E-state index in [1.165, 1.54) is 23.1 Å². The van der Waals surface area contributed by atoms with E-state index in [2.05, 4.69) is 15.3 Å². The molecular formula is C14H19N4O3S2-. The SMILES string of the molecule is CC(C)[C@H](NC(=O)C1(C)CSC(c2csc(CN)n2)=N1)C(=O)[O-]. The molecule has 3 N–H and O–H groups in total. The van der Waals surface area contributed by atoms with Gasteiger partial charge in [0, 0.05) is 17.7 Å². The Kier molecular flexibility index (Phi) is 5.43. The van der Waals surface area contributed by atoms with Crippen LogP contribution in [0.1, 0.15) is 31.5 Å². The van der Waals surface area contributed by atoms with Crippen LogP contribution in [0.5, 0.6) is 0 Å².